The molecule has 0 spiro atoms. The molecule has 0 bridgehead atoms. The molecule has 0 fully saturated rings. The minimum absolute atomic E-state index is 0.0184. The number of benzene rings is 1. The summed E-state index contributed by atoms with van der Waals surface area (Å²) in [5.41, 5.74) is 2.30. The molecule has 1 N–H and O–H groups in total. The Balaban J connectivity index is 1.85. The van der Waals surface area contributed by atoms with Gasteiger partial charge in [-0.1, -0.05) is 23.2 Å². The van der Waals surface area contributed by atoms with E-state index in [1.807, 2.05) is 10.6 Å². The molecule has 0 saturated heterocycles. The second-order valence-corrected chi connectivity index (χ2v) is 5.92. The Kier molecular flexibility index (Phi) is 4.01. The van der Waals surface area contributed by atoms with Crippen molar-refractivity contribution in [1.29, 1.82) is 0 Å². The Morgan fingerprint density at radius 3 is 2.62 bits per heavy atom. The van der Waals surface area contributed by atoms with Gasteiger partial charge in [0, 0.05) is 11.9 Å². The number of anilines is 1. The molecule has 1 aromatic carbocycles. The second-order valence-electron chi connectivity index (χ2n) is 4.30. The first-order chi connectivity index (χ1) is 10.0. The van der Waals surface area contributed by atoms with Crippen molar-refractivity contribution in [3.63, 3.8) is 0 Å². The maximum Gasteiger partial charge on any atom is 0.160 e. The predicted molar refractivity (Wildman–Crippen MR) is 84.4 cm³/mol. The zero-order valence-electron chi connectivity index (χ0n) is 10.4. The van der Waals surface area contributed by atoms with Gasteiger partial charge in [0.25, 0.3) is 0 Å². The summed E-state index contributed by atoms with van der Waals surface area (Å²) in [6, 6.07) is 2.98. The van der Waals surface area contributed by atoms with E-state index in [-0.39, 0.29) is 10.0 Å². The molecule has 0 aliphatic carbocycles. The molecule has 0 unspecified atom stereocenters. The quantitative estimate of drug-likeness (QED) is 0.668. The van der Waals surface area contributed by atoms with Gasteiger partial charge < -0.3 is 5.32 Å². The van der Waals surface area contributed by atoms with Gasteiger partial charge in [0.15, 0.2) is 11.5 Å². The molecular weight excluding hydrogens is 382 g/mol. The lowest BCUT2D eigenvalue weighted by atomic mass is 10.3. The van der Waals surface area contributed by atoms with Crippen molar-refractivity contribution in [2.24, 2.45) is 0 Å². The number of aromatic nitrogens is 3. The molecule has 4 nitrogen and oxygen atoms in total. The van der Waals surface area contributed by atoms with Gasteiger partial charge in [0.05, 0.1) is 34.7 Å². The number of imidazole rings is 1. The van der Waals surface area contributed by atoms with Gasteiger partial charge in [0.1, 0.15) is 4.60 Å². The molecule has 108 valence electrons. The average molecular weight is 390 g/mol. The monoisotopic (exact) mass is 388 g/mol. The number of hydrogen-bond donors (Lipinski definition) is 1. The highest BCUT2D eigenvalue weighted by Crippen LogP contribution is 2.27. The van der Waals surface area contributed by atoms with E-state index in [4.69, 9.17) is 23.2 Å². The summed E-state index contributed by atoms with van der Waals surface area (Å²) in [7, 11) is 0. The third kappa shape index (κ3) is 2.97. The first-order valence-electron chi connectivity index (χ1n) is 5.90. The van der Waals surface area contributed by atoms with Crippen molar-refractivity contribution in [2.45, 2.75) is 6.54 Å². The van der Waals surface area contributed by atoms with Crippen LogP contribution in [0.5, 0.6) is 0 Å². The van der Waals surface area contributed by atoms with Crippen molar-refractivity contribution >= 4 is 50.5 Å². The molecule has 0 radical (unpaired) electrons. The zero-order chi connectivity index (χ0) is 15.0. The van der Waals surface area contributed by atoms with Gasteiger partial charge in [-0.25, -0.2) is 14.4 Å². The largest absolute Gasteiger partial charge is 0.379 e. The molecule has 0 aliphatic heterocycles. The number of fused-ring (bicyclic) bond motifs is 1. The van der Waals surface area contributed by atoms with Crippen molar-refractivity contribution < 1.29 is 4.39 Å². The Morgan fingerprint density at radius 2 is 1.90 bits per heavy atom. The minimum atomic E-state index is -0.617. The van der Waals surface area contributed by atoms with Crippen LogP contribution < -0.4 is 5.32 Å². The average Bonchev–Trinajstić information content (AvgIpc) is 2.84. The molecule has 0 amide bonds. The van der Waals surface area contributed by atoms with Crippen LogP contribution in [0.4, 0.5) is 10.1 Å². The molecule has 2 heterocycles. The highest BCUT2D eigenvalue weighted by molar-refractivity contribution is 9.10. The molecule has 8 heteroatoms. The summed E-state index contributed by atoms with van der Waals surface area (Å²) in [6.07, 6.45) is 5.23. The molecule has 0 saturated carbocycles. The van der Waals surface area contributed by atoms with E-state index in [1.54, 1.807) is 12.4 Å². The van der Waals surface area contributed by atoms with Crippen molar-refractivity contribution in [3.05, 3.63) is 56.9 Å². The van der Waals surface area contributed by atoms with Crippen LogP contribution in [0.25, 0.3) is 5.65 Å². The summed E-state index contributed by atoms with van der Waals surface area (Å²) in [4.78, 5) is 8.36. The van der Waals surface area contributed by atoms with E-state index in [0.717, 1.165) is 11.3 Å². The predicted octanol–water partition coefficient (Wildman–Crippen LogP) is 4.55. The zero-order valence-corrected chi connectivity index (χ0v) is 13.5. The van der Waals surface area contributed by atoms with Gasteiger partial charge >= 0.3 is 0 Å². The summed E-state index contributed by atoms with van der Waals surface area (Å²) < 4.78 is 16.0. The summed E-state index contributed by atoms with van der Waals surface area (Å²) in [6.45, 7) is 0.482. The van der Waals surface area contributed by atoms with Gasteiger partial charge in [-0.05, 0) is 28.1 Å². The Bertz CT molecular complexity index is 798. The fraction of sp³-hybridized carbons (Fsp3) is 0.0769. The summed E-state index contributed by atoms with van der Waals surface area (Å²) >= 11 is 14.8. The van der Waals surface area contributed by atoms with Crippen molar-refractivity contribution in [2.75, 3.05) is 5.32 Å². The van der Waals surface area contributed by atoms with Crippen LogP contribution in [0.2, 0.25) is 10.0 Å². The number of hydrogen-bond acceptors (Lipinski definition) is 3. The second kappa shape index (κ2) is 5.79. The van der Waals surface area contributed by atoms with Crippen LogP contribution in [-0.4, -0.2) is 14.4 Å². The minimum Gasteiger partial charge on any atom is -0.379 e. The molecule has 0 atom stereocenters. The molecular formula is C13H8BrCl2FN4. The van der Waals surface area contributed by atoms with Crippen LogP contribution in [0.15, 0.2) is 35.3 Å². The standard InChI is InChI=1S/C13H8BrCl2FN4/c14-11-6-21-8(4-20-12(21)5-19-11)3-18-7-1-9(15)13(17)10(16)2-7/h1-2,4-6,18H,3H2. The van der Waals surface area contributed by atoms with E-state index in [2.05, 4.69) is 31.2 Å². The third-order valence-corrected chi connectivity index (χ3v) is 3.86. The number of nitrogens with one attached hydrogen (secondary N) is 1. The van der Waals surface area contributed by atoms with Crippen LogP contribution in [0, 0.1) is 5.82 Å². The molecule has 2 aromatic heterocycles. The van der Waals surface area contributed by atoms with Crippen LogP contribution in [0.1, 0.15) is 5.69 Å². The first-order valence-corrected chi connectivity index (χ1v) is 7.45. The fourth-order valence-corrected chi connectivity index (χ4v) is 2.69. The third-order valence-electron chi connectivity index (χ3n) is 2.90. The fourth-order valence-electron chi connectivity index (χ4n) is 1.90. The van der Waals surface area contributed by atoms with Gasteiger partial charge in [-0.15, -0.1) is 0 Å². The first kappa shape index (κ1) is 14.6. The van der Waals surface area contributed by atoms with Crippen molar-refractivity contribution in [1.82, 2.24) is 14.4 Å². The van der Waals surface area contributed by atoms with Gasteiger partial charge in [-0.3, -0.25) is 4.40 Å². The maximum absolute atomic E-state index is 13.4. The highest BCUT2D eigenvalue weighted by Gasteiger charge is 2.09. The number of nitrogens with zero attached hydrogens (tertiary/aromatic N) is 3. The Labute approximate surface area is 138 Å². The smallest absolute Gasteiger partial charge is 0.160 e. The van der Waals surface area contributed by atoms with Gasteiger partial charge in [-0.2, -0.15) is 0 Å². The van der Waals surface area contributed by atoms with Crippen LogP contribution in [-0.2, 0) is 6.54 Å². The molecule has 3 rings (SSSR count). The van der Waals surface area contributed by atoms with E-state index in [1.165, 1.54) is 12.1 Å². The SMILES string of the molecule is Fc1c(Cl)cc(NCc2cnc3cnc(Br)cn23)cc1Cl. The lowest BCUT2D eigenvalue weighted by Gasteiger charge is -2.08. The normalized spacial score (nSPS) is 11.0. The van der Waals surface area contributed by atoms with Crippen LogP contribution in [0.3, 0.4) is 0 Å². The van der Waals surface area contributed by atoms with Gasteiger partial charge in [0.2, 0.25) is 0 Å². The topological polar surface area (TPSA) is 42.2 Å². The summed E-state index contributed by atoms with van der Waals surface area (Å²) in [5.74, 6) is -0.617. The maximum atomic E-state index is 13.4. The molecule has 3 aromatic rings. The van der Waals surface area contributed by atoms with Crippen LogP contribution >= 0.6 is 39.1 Å². The number of halogens is 4. The summed E-state index contributed by atoms with van der Waals surface area (Å²) in [5, 5.41) is 3.10. The van der Waals surface area contributed by atoms with Crippen molar-refractivity contribution in [3.8, 4) is 0 Å². The number of rotatable bonds is 3. The Hall–Kier alpha value is -1.37. The Morgan fingerprint density at radius 1 is 1.19 bits per heavy atom. The van der Waals surface area contributed by atoms with E-state index in [9.17, 15) is 4.39 Å². The van der Waals surface area contributed by atoms with E-state index < -0.39 is 5.82 Å². The molecule has 21 heavy (non-hydrogen) atoms. The highest BCUT2D eigenvalue weighted by atomic mass is 79.9. The lowest BCUT2D eigenvalue weighted by molar-refractivity contribution is 0.629. The lowest BCUT2D eigenvalue weighted by Crippen LogP contribution is -2.03. The van der Waals surface area contributed by atoms with E-state index in [0.29, 0.717) is 16.8 Å². The molecule has 0 aliphatic rings. The van der Waals surface area contributed by atoms with E-state index >= 15 is 0 Å².